The smallest absolute Gasteiger partial charge is 0.324 e. The van der Waals surface area contributed by atoms with Crippen LogP contribution >= 0.6 is 0 Å². The minimum absolute atomic E-state index is 0.00431. The van der Waals surface area contributed by atoms with Crippen LogP contribution in [0.3, 0.4) is 0 Å². The van der Waals surface area contributed by atoms with Crippen molar-refractivity contribution in [2.45, 2.75) is 264 Å². The molecular weight excluding hydrogens is 1730 g/mol. The first kappa shape index (κ1) is 123. The molecule has 0 unspecified atom stereocenters. The van der Waals surface area contributed by atoms with Crippen LogP contribution in [0.2, 0.25) is 0 Å². The number of rotatable bonds is 33. The van der Waals surface area contributed by atoms with Crippen LogP contribution in [0.15, 0.2) is 48.5 Å². The van der Waals surface area contributed by atoms with Crippen LogP contribution in [0.25, 0.3) is 0 Å². The molecule has 8 saturated heterocycles. The standard InChI is InChI=1S/2C16H25N3O2.C15H29NO.C14H29N3O3.C14H25NO2.C11H21NO2.C11H21NO.C10H21N3O/c1-13(2)18-9-11-19(12-10-18)16(20)17(3)14-5-7-15(21-4)8-6-14;1-13(2)18-9-11-19(12-10-18)16(20)17(3)14-7-5-6-8-15(14)21-4;1-6-15(14(17)11-12(2)3)7-9-16(10-8-15)13(4)5;1-13(2)15-5-7-16(8-6-15)14(18)17(9-11-19-3)10-12-20-4;1-11(2)15-7-5-13(6-8-15)14(16)10-17-9-12-3-4-12;1-9(2)12-6-4-10(5-7-12)11(13)8-14-3;1-8(2)5-11(13)10-6-12(7-10)9(3)4;1-9(2)12-5-7-13(8-6-12)10(14)11(3)4/h2*5-8,13H,9-12H2,1-4H3;12-13H,6-11H2,1-5H3;13H,5-12H2,1-4H3;11-13H,3-10H2,1-2H3;9-10H,4-8H2,1-3H3;8-10H,5-7H2,1-4H3;9H,5-8H2,1-4H3. The third kappa shape index (κ3) is 43.6. The highest BCUT2D eigenvalue weighted by Gasteiger charge is 2.41. The Bertz CT molecular complexity index is 3670. The van der Waals surface area contributed by atoms with E-state index >= 15 is 0 Å². The van der Waals surface area contributed by atoms with E-state index in [1.54, 1.807) is 71.4 Å². The summed E-state index contributed by atoms with van der Waals surface area (Å²) in [7, 11) is 15.4. The number of ketones is 4. The predicted octanol–water partition coefficient (Wildman–Crippen LogP) is 14.8. The van der Waals surface area contributed by atoms with Crippen LogP contribution in [-0.2, 0) is 38.1 Å². The number of amides is 8. The van der Waals surface area contributed by atoms with Gasteiger partial charge in [-0.25, -0.2) is 19.2 Å². The highest BCUT2D eigenvalue weighted by atomic mass is 16.5. The molecule has 0 spiro atoms. The number of hydrogen-bond donors (Lipinski definition) is 0. The van der Waals surface area contributed by atoms with Crippen LogP contribution in [0.4, 0.5) is 30.6 Å². The fourth-order valence-corrected chi connectivity index (χ4v) is 18.3. The van der Waals surface area contributed by atoms with Gasteiger partial charge in [0.25, 0.3) is 0 Å². The molecule has 30 nitrogen and oxygen atoms in total. The molecule has 137 heavy (non-hydrogen) atoms. The second-order valence-electron chi connectivity index (χ2n) is 42.2. The summed E-state index contributed by atoms with van der Waals surface area (Å²) >= 11 is 0. The van der Waals surface area contributed by atoms with E-state index in [4.69, 9.17) is 28.4 Å². The number of nitrogens with zero attached hydrogens (tertiary/aromatic N) is 16. The molecular formula is C107H196N16O14. The number of hydrogen-bond acceptors (Lipinski definition) is 22. The zero-order valence-corrected chi connectivity index (χ0v) is 91.8. The van der Waals surface area contributed by atoms with Crippen LogP contribution in [0, 0.1) is 40.9 Å². The fourth-order valence-electron chi connectivity index (χ4n) is 18.3. The topological polar surface area (TPSA) is 244 Å². The third-order valence-corrected chi connectivity index (χ3v) is 28.6. The summed E-state index contributed by atoms with van der Waals surface area (Å²) in [6.07, 6.45) is 11.3. The summed E-state index contributed by atoms with van der Waals surface area (Å²) in [5, 5.41) is 0. The Balaban J connectivity index is 0.000000329. The van der Waals surface area contributed by atoms with Crippen LogP contribution in [-0.4, -0.2) is 431 Å². The summed E-state index contributed by atoms with van der Waals surface area (Å²) in [6, 6.07) is 20.1. The Morgan fingerprint density at radius 1 is 0.365 bits per heavy atom. The molecule has 2 aromatic carbocycles. The Morgan fingerprint density at radius 3 is 1.07 bits per heavy atom. The van der Waals surface area contributed by atoms with Crippen LogP contribution < -0.4 is 19.3 Å². The number of benzene rings is 2. The number of carbonyl (C=O) groups is 8. The van der Waals surface area contributed by atoms with Gasteiger partial charge in [-0.2, -0.15) is 0 Å². The van der Waals surface area contributed by atoms with Crippen molar-refractivity contribution < 1.29 is 66.8 Å². The lowest BCUT2D eigenvalue weighted by Gasteiger charge is -2.42. The molecule has 0 radical (unpaired) electrons. The molecule has 2 aromatic rings. The number of ether oxygens (including phenoxy) is 6. The minimum Gasteiger partial charge on any atom is -0.497 e. The maximum absolute atomic E-state index is 12.6. The normalized spacial score (nSPS) is 18.7. The maximum atomic E-state index is 12.6. The average molecular weight is 1930 g/mol. The molecule has 0 atom stereocenters. The summed E-state index contributed by atoms with van der Waals surface area (Å²) in [5.74, 6) is 5.69. The van der Waals surface area contributed by atoms with Gasteiger partial charge in [-0.1, -0.05) is 46.8 Å². The zero-order chi connectivity index (χ0) is 102. The van der Waals surface area contributed by atoms with E-state index in [0.29, 0.717) is 122 Å². The van der Waals surface area contributed by atoms with E-state index in [2.05, 4.69) is 185 Å². The molecule has 9 fully saturated rings. The van der Waals surface area contributed by atoms with E-state index < -0.39 is 0 Å². The minimum atomic E-state index is -0.00431. The van der Waals surface area contributed by atoms with Gasteiger partial charge in [-0.05, 0) is 262 Å². The summed E-state index contributed by atoms with van der Waals surface area (Å²) < 4.78 is 31.0. The molecule has 0 bridgehead atoms. The van der Waals surface area contributed by atoms with Crippen molar-refractivity contribution >= 4 is 58.6 Å². The number of para-hydroxylation sites is 2. The summed E-state index contributed by atoms with van der Waals surface area (Å²) in [6.45, 7) is 72.2. The van der Waals surface area contributed by atoms with Gasteiger partial charge < -0.3 is 72.5 Å². The number of carbonyl (C=O) groups excluding carboxylic acids is 8. The SMILES string of the molecule is CC(C)CC(=O)C1CN(C(C)C)C1.CC(C)N1CCC(C(=O)COCC2CC2)CC1.CC(C)N1CCN(C(=O)N(C)C)CC1.CCC1(C(=O)CC(C)C)CCN(C(C)C)CC1.COCC(=O)C1CCN(C(C)C)CC1.COCCN(CCOC)C(=O)N1CCN(C(C)C)CC1.COc1ccc(N(C)C(=O)N2CCN(C(C)C)CC2)cc1.COc1ccccc1N(C)C(=O)N1CCN(C(C)C)CC1. The van der Waals surface area contributed by atoms with Gasteiger partial charge in [-0.3, -0.25) is 53.5 Å². The van der Waals surface area contributed by atoms with Crippen molar-refractivity contribution in [2.75, 3.05) is 277 Å². The van der Waals surface area contributed by atoms with E-state index in [0.717, 1.165) is 245 Å². The molecule has 0 aromatic heterocycles. The lowest BCUT2D eigenvalue weighted by molar-refractivity contribution is -0.133. The molecule has 8 heterocycles. The summed E-state index contributed by atoms with van der Waals surface area (Å²) in [4.78, 5) is 131. The van der Waals surface area contributed by atoms with Gasteiger partial charge in [0.15, 0.2) is 11.6 Å². The van der Waals surface area contributed by atoms with Gasteiger partial charge in [0.05, 0.1) is 33.1 Å². The molecule has 1 saturated carbocycles. The molecule has 9 aliphatic rings. The molecule has 30 heteroatoms. The first-order chi connectivity index (χ1) is 64.9. The van der Waals surface area contributed by atoms with Crippen molar-refractivity contribution in [1.82, 2.24) is 68.6 Å². The van der Waals surface area contributed by atoms with Crippen molar-refractivity contribution in [3.63, 3.8) is 0 Å². The number of methoxy groups -OCH3 is 5. The van der Waals surface area contributed by atoms with Crippen LogP contribution in [0.1, 0.15) is 216 Å². The number of piperidine rings is 3. The molecule has 1 aliphatic carbocycles. The largest absolute Gasteiger partial charge is 0.497 e. The third-order valence-electron chi connectivity index (χ3n) is 28.6. The Labute approximate surface area is 831 Å². The molecule has 11 rings (SSSR count). The summed E-state index contributed by atoms with van der Waals surface area (Å²) in [5.41, 5.74) is 1.68. The van der Waals surface area contributed by atoms with Crippen LogP contribution in [0.5, 0.6) is 11.5 Å². The number of piperazine rings is 4. The van der Waals surface area contributed by atoms with Crippen molar-refractivity contribution in [3.05, 3.63) is 48.5 Å². The first-order valence-corrected chi connectivity index (χ1v) is 52.3. The maximum Gasteiger partial charge on any atom is 0.324 e. The Morgan fingerprint density at radius 2 is 0.723 bits per heavy atom. The van der Waals surface area contributed by atoms with E-state index in [1.165, 1.54) is 12.8 Å². The lowest BCUT2D eigenvalue weighted by atomic mass is 9.71. The van der Waals surface area contributed by atoms with Gasteiger partial charge in [0.2, 0.25) is 0 Å². The molecule has 0 N–H and O–H groups in total. The number of urea groups is 4. The monoisotopic (exact) mass is 1930 g/mol. The quantitative estimate of drug-likeness (QED) is 0.0644. The van der Waals surface area contributed by atoms with Gasteiger partial charge in [0, 0.05) is 277 Å². The van der Waals surface area contributed by atoms with Crippen molar-refractivity contribution in [2.24, 2.45) is 40.9 Å². The lowest BCUT2D eigenvalue weighted by Crippen LogP contribution is -2.54. The first-order valence-electron chi connectivity index (χ1n) is 52.3. The van der Waals surface area contributed by atoms with Gasteiger partial charge >= 0.3 is 24.1 Å². The fraction of sp³-hybridized carbons (Fsp3) is 0.813. The second-order valence-corrected chi connectivity index (χ2v) is 42.2. The van der Waals surface area contributed by atoms with Crippen molar-refractivity contribution in [3.8, 4) is 11.5 Å². The zero-order valence-electron chi connectivity index (χ0n) is 91.8. The molecule has 8 amide bonds. The number of Topliss-reactive ketones (excluding diaryl/α,β-unsaturated/α-hetero) is 4. The van der Waals surface area contributed by atoms with Crippen molar-refractivity contribution in [1.29, 1.82) is 0 Å². The number of anilines is 2. The number of likely N-dealkylation sites (tertiary alicyclic amines) is 4. The Hall–Kier alpha value is -6.68. The van der Waals surface area contributed by atoms with Gasteiger partial charge in [-0.15, -0.1) is 0 Å². The van der Waals surface area contributed by atoms with Gasteiger partial charge in [0.1, 0.15) is 36.3 Å². The van der Waals surface area contributed by atoms with E-state index in [-0.39, 0.29) is 53.8 Å². The average Bonchev–Trinajstić information content (AvgIpc) is 1.63. The molecule has 8 aliphatic heterocycles. The highest BCUT2D eigenvalue weighted by molar-refractivity contribution is 5.93. The second kappa shape index (κ2) is 64.8. The highest BCUT2D eigenvalue weighted by Crippen LogP contribution is 2.39. The molecule has 788 valence electrons. The predicted molar refractivity (Wildman–Crippen MR) is 559 cm³/mol. The van der Waals surface area contributed by atoms with E-state index in [1.807, 2.05) is 80.1 Å². The van der Waals surface area contributed by atoms with E-state index in [9.17, 15) is 38.4 Å². The Kier molecular flexibility index (Phi) is 58.0.